The zero-order chi connectivity index (χ0) is 16.6. The Hall–Kier alpha value is -2.05. The summed E-state index contributed by atoms with van der Waals surface area (Å²) in [6.07, 6.45) is 3.65. The first-order valence-electron chi connectivity index (χ1n) is 7.30. The molecule has 0 saturated carbocycles. The molecule has 1 amide bonds. The van der Waals surface area contributed by atoms with Crippen LogP contribution in [0.2, 0.25) is 5.02 Å². The highest BCUT2D eigenvalue weighted by atomic mass is 35.5. The first-order valence-corrected chi connectivity index (χ1v) is 7.68. The van der Waals surface area contributed by atoms with E-state index in [-0.39, 0.29) is 16.7 Å². The van der Waals surface area contributed by atoms with Gasteiger partial charge in [0, 0.05) is 30.9 Å². The Morgan fingerprint density at radius 1 is 1.48 bits per heavy atom. The van der Waals surface area contributed by atoms with E-state index in [2.05, 4.69) is 5.10 Å². The van der Waals surface area contributed by atoms with E-state index >= 15 is 0 Å². The van der Waals surface area contributed by atoms with E-state index in [1.165, 1.54) is 12.1 Å². The van der Waals surface area contributed by atoms with Gasteiger partial charge in [0.25, 0.3) is 5.91 Å². The topological polar surface area (TPSA) is 67.6 Å². The summed E-state index contributed by atoms with van der Waals surface area (Å²) in [6, 6.07) is 4.48. The van der Waals surface area contributed by atoms with E-state index in [4.69, 9.17) is 16.3 Å². The minimum Gasteiger partial charge on any atom is -0.506 e. The van der Waals surface area contributed by atoms with Gasteiger partial charge in [-0.3, -0.25) is 9.48 Å². The normalized spacial score (nSPS) is 21.4. The van der Waals surface area contributed by atoms with Crippen LogP contribution < -0.4 is 0 Å². The lowest BCUT2D eigenvalue weighted by Crippen LogP contribution is -2.50. The second-order valence-electron chi connectivity index (χ2n) is 5.87. The molecule has 0 spiro atoms. The molecule has 1 aromatic heterocycles. The predicted octanol–water partition coefficient (Wildman–Crippen LogP) is 2.17. The van der Waals surface area contributed by atoms with Crippen molar-refractivity contribution in [2.75, 3.05) is 19.7 Å². The lowest BCUT2D eigenvalue weighted by Gasteiger charge is -2.40. The zero-order valence-corrected chi connectivity index (χ0v) is 13.7. The highest BCUT2D eigenvalue weighted by Crippen LogP contribution is 2.30. The summed E-state index contributed by atoms with van der Waals surface area (Å²) in [5.74, 6) is -0.171. The minimum atomic E-state index is -0.594. The van der Waals surface area contributed by atoms with Crippen molar-refractivity contribution in [3.8, 4) is 5.75 Å². The fourth-order valence-corrected chi connectivity index (χ4v) is 2.92. The van der Waals surface area contributed by atoms with E-state index in [9.17, 15) is 9.90 Å². The molecule has 1 atom stereocenters. The SMILES string of the molecule is Cn1cc(C2(C)CN(C(=O)c3ccc(O)c(Cl)c3)CCO2)cn1. The summed E-state index contributed by atoms with van der Waals surface area (Å²) < 4.78 is 7.62. The largest absolute Gasteiger partial charge is 0.506 e. The van der Waals surface area contributed by atoms with Crippen LogP contribution in [0.5, 0.6) is 5.75 Å². The average molecular weight is 336 g/mol. The van der Waals surface area contributed by atoms with Crippen LogP contribution in [0.25, 0.3) is 0 Å². The maximum atomic E-state index is 12.7. The van der Waals surface area contributed by atoms with Crippen LogP contribution in [0, 0.1) is 0 Å². The van der Waals surface area contributed by atoms with Gasteiger partial charge in [0.15, 0.2) is 0 Å². The molecule has 2 aromatic rings. The number of benzene rings is 1. The summed E-state index contributed by atoms with van der Waals surface area (Å²) >= 11 is 5.90. The minimum absolute atomic E-state index is 0.0367. The Balaban J connectivity index is 1.83. The first-order chi connectivity index (χ1) is 10.9. The van der Waals surface area contributed by atoms with Gasteiger partial charge in [-0.25, -0.2) is 0 Å². The van der Waals surface area contributed by atoms with Crippen LogP contribution >= 0.6 is 11.6 Å². The van der Waals surface area contributed by atoms with Crippen LogP contribution in [-0.2, 0) is 17.4 Å². The molecule has 1 fully saturated rings. The Morgan fingerprint density at radius 3 is 2.91 bits per heavy atom. The third-order valence-electron chi connectivity index (χ3n) is 4.07. The predicted molar refractivity (Wildman–Crippen MR) is 85.5 cm³/mol. The molecule has 0 radical (unpaired) electrons. The quantitative estimate of drug-likeness (QED) is 0.913. The van der Waals surface area contributed by atoms with Crippen LogP contribution in [0.4, 0.5) is 0 Å². The number of aromatic hydroxyl groups is 1. The van der Waals surface area contributed by atoms with Gasteiger partial charge in [0.05, 0.1) is 24.4 Å². The first kappa shape index (κ1) is 15.8. The number of hydrogen-bond donors (Lipinski definition) is 1. The van der Waals surface area contributed by atoms with Gasteiger partial charge in [0.1, 0.15) is 11.4 Å². The zero-order valence-electron chi connectivity index (χ0n) is 13.0. The lowest BCUT2D eigenvalue weighted by molar-refractivity contribution is -0.0931. The van der Waals surface area contributed by atoms with E-state index < -0.39 is 5.60 Å². The fourth-order valence-electron chi connectivity index (χ4n) is 2.73. The van der Waals surface area contributed by atoms with E-state index in [1.54, 1.807) is 21.8 Å². The fraction of sp³-hybridized carbons (Fsp3) is 0.375. The van der Waals surface area contributed by atoms with Gasteiger partial charge in [-0.05, 0) is 25.1 Å². The summed E-state index contributed by atoms with van der Waals surface area (Å²) in [6.45, 7) is 3.33. The molecule has 2 heterocycles. The Morgan fingerprint density at radius 2 is 2.26 bits per heavy atom. The number of carbonyl (C=O) groups excluding carboxylic acids is 1. The number of hydrogen-bond acceptors (Lipinski definition) is 4. The van der Waals surface area contributed by atoms with Crippen molar-refractivity contribution in [1.82, 2.24) is 14.7 Å². The Kier molecular flexibility index (Phi) is 4.04. The molecule has 0 bridgehead atoms. The summed E-state index contributed by atoms with van der Waals surface area (Å²) in [5.41, 5.74) is 0.785. The lowest BCUT2D eigenvalue weighted by atomic mass is 9.96. The van der Waals surface area contributed by atoms with E-state index in [0.717, 1.165) is 5.56 Å². The van der Waals surface area contributed by atoms with Crippen LogP contribution in [-0.4, -0.2) is 45.4 Å². The van der Waals surface area contributed by atoms with Crippen LogP contribution in [0.3, 0.4) is 0 Å². The van der Waals surface area contributed by atoms with Crippen LogP contribution in [0.15, 0.2) is 30.6 Å². The van der Waals surface area contributed by atoms with Crippen molar-refractivity contribution in [1.29, 1.82) is 0 Å². The van der Waals surface area contributed by atoms with E-state index in [0.29, 0.717) is 25.3 Å². The molecule has 1 N–H and O–H groups in total. The summed E-state index contributed by atoms with van der Waals surface area (Å²) in [4.78, 5) is 14.4. The Labute approximate surface area is 139 Å². The standard InChI is InChI=1S/C16H18ClN3O3/c1-16(12-8-18-19(2)9-12)10-20(5-6-23-16)15(22)11-3-4-14(21)13(17)7-11/h3-4,7-9,21H,5-6,10H2,1-2H3. The second-order valence-corrected chi connectivity index (χ2v) is 6.28. The van der Waals surface area contributed by atoms with Crippen molar-refractivity contribution in [3.63, 3.8) is 0 Å². The molecule has 23 heavy (non-hydrogen) atoms. The molecule has 1 aliphatic heterocycles. The average Bonchev–Trinajstić information content (AvgIpc) is 2.97. The van der Waals surface area contributed by atoms with Gasteiger partial charge in [0.2, 0.25) is 0 Å². The van der Waals surface area contributed by atoms with Gasteiger partial charge in [-0.1, -0.05) is 11.6 Å². The van der Waals surface area contributed by atoms with Crippen molar-refractivity contribution in [3.05, 3.63) is 46.7 Å². The summed E-state index contributed by atoms with van der Waals surface area (Å²) in [5, 5.41) is 13.8. The van der Waals surface area contributed by atoms with Gasteiger partial charge < -0.3 is 14.7 Å². The molecule has 7 heteroatoms. The number of carbonyl (C=O) groups is 1. The van der Waals surface area contributed by atoms with Gasteiger partial charge in [-0.2, -0.15) is 5.10 Å². The number of morpholine rings is 1. The number of rotatable bonds is 2. The van der Waals surface area contributed by atoms with Crippen molar-refractivity contribution >= 4 is 17.5 Å². The number of phenolic OH excluding ortho intramolecular Hbond substituents is 1. The van der Waals surface area contributed by atoms with E-state index in [1.807, 2.05) is 20.2 Å². The Bertz CT molecular complexity index is 746. The summed E-state index contributed by atoms with van der Waals surface area (Å²) in [7, 11) is 1.84. The van der Waals surface area contributed by atoms with Crippen molar-refractivity contribution in [2.24, 2.45) is 7.05 Å². The maximum Gasteiger partial charge on any atom is 0.254 e. The molecule has 3 rings (SSSR count). The third-order valence-corrected chi connectivity index (χ3v) is 4.37. The van der Waals surface area contributed by atoms with Crippen molar-refractivity contribution in [2.45, 2.75) is 12.5 Å². The number of aryl methyl sites for hydroxylation is 1. The van der Waals surface area contributed by atoms with Gasteiger partial charge >= 0.3 is 0 Å². The highest BCUT2D eigenvalue weighted by molar-refractivity contribution is 6.32. The number of halogens is 1. The number of ether oxygens (including phenoxy) is 1. The molecular weight excluding hydrogens is 318 g/mol. The number of nitrogens with zero attached hydrogens (tertiary/aromatic N) is 3. The number of amides is 1. The molecule has 1 unspecified atom stereocenters. The maximum absolute atomic E-state index is 12.7. The van der Waals surface area contributed by atoms with Gasteiger partial charge in [-0.15, -0.1) is 0 Å². The second kappa shape index (κ2) is 5.86. The third kappa shape index (κ3) is 3.04. The molecule has 6 nitrogen and oxygen atoms in total. The number of aromatic nitrogens is 2. The van der Waals surface area contributed by atoms with Crippen LogP contribution in [0.1, 0.15) is 22.8 Å². The molecule has 0 aliphatic carbocycles. The molecular formula is C16H18ClN3O3. The number of phenols is 1. The molecule has 1 saturated heterocycles. The monoisotopic (exact) mass is 335 g/mol. The molecule has 1 aliphatic rings. The molecule has 1 aromatic carbocycles. The van der Waals surface area contributed by atoms with Crippen molar-refractivity contribution < 1.29 is 14.6 Å². The highest BCUT2D eigenvalue weighted by Gasteiger charge is 2.37. The smallest absolute Gasteiger partial charge is 0.254 e. The molecule has 122 valence electrons.